The minimum Gasteiger partial charge on any atom is -0.352 e. The van der Waals surface area contributed by atoms with Crippen LogP contribution in [0.4, 0.5) is 13.2 Å². The molecule has 0 fully saturated rings. The smallest absolute Gasteiger partial charge is 0.290 e. The van der Waals surface area contributed by atoms with Crippen LogP contribution in [0.3, 0.4) is 0 Å². The summed E-state index contributed by atoms with van der Waals surface area (Å²) in [7, 11) is 0. The Kier molecular flexibility index (Phi) is 6.47. The van der Waals surface area contributed by atoms with Gasteiger partial charge in [0.1, 0.15) is 10.8 Å². The number of nitrogens with zero attached hydrogens (tertiary/aromatic N) is 1. The number of hydrogen-bond donors (Lipinski definition) is 1. The van der Waals surface area contributed by atoms with Crippen molar-refractivity contribution >= 4 is 33.6 Å². The van der Waals surface area contributed by atoms with Crippen LogP contribution in [0.15, 0.2) is 46.0 Å². The highest BCUT2D eigenvalue weighted by molar-refractivity contribution is 9.10. The molecule has 1 aromatic heterocycles. The lowest BCUT2D eigenvalue weighted by Crippen LogP contribution is -2.26. The molecule has 0 radical (unpaired) electrons. The average molecular weight is 405 g/mol. The van der Waals surface area contributed by atoms with Gasteiger partial charge in [-0.05, 0) is 63.9 Å². The molecule has 0 atom stereocenters. The molecule has 1 heterocycles. The summed E-state index contributed by atoms with van der Waals surface area (Å²) in [5.41, 5.74) is 0.949. The molecule has 0 aliphatic carbocycles. The Morgan fingerprint density at radius 2 is 2.13 bits per heavy atom. The van der Waals surface area contributed by atoms with E-state index in [4.69, 9.17) is 0 Å². The maximum Gasteiger partial charge on any atom is 0.290 e. The van der Waals surface area contributed by atoms with Crippen LogP contribution in [-0.4, -0.2) is 23.2 Å². The molecule has 2 aromatic rings. The van der Waals surface area contributed by atoms with Crippen LogP contribution in [0.1, 0.15) is 15.9 Å². The van der Waals surface area contributed by atoms with Crippen LogP contribution in [0.25, 0.3) is 0 Å². The number of halogens is 4. The normalized spacial score (nSPS) is 10.8. The standard InChI is InChI=1S/C15H12BrF3N2OS/c16-11-8-9(3-4-12(11)17)5-7-20-13(22)10-2-1-6-21-14(10)23-15(18)19/h1-4,6,8,15H,5,7H2,(H,20,22). The van der Waals surface area contributed by atoms with E-state index in [1.165, 1.54) is 24.4 Å². The van der Waals surface area contributed by atoms with Crippen LogP contribution in [0, 0.1) is 5.82 Å². The quantitative estimate of drug-likeness (QED) is 0.730. The summed E-state index contributed by atoms with van der Waals surface area (Å²) in [6.45, 7) is 0.296. The lowest BCUT2D eigenvalue weighted by molar-refractivity contribution is 0.0950. The topological polar surface area (TPSA) is 42.0 Å². The number of benzene rings is 1. The molecule has 1 amide bonds. The average Bonchev–Trinajstić information content (AvgIpc) is 2.50. The molecule has 1 aromatic carbocycles. The molecule has 0 bridgehead atoms. The van der Waals surface area contributed by atoms with Gasteiger partial charge in [0.15, 0.2) is 0 Å². The second-order valence-corrected chi connectivity index (χ2v) is 6.32. The van der Waals surface area contributed by atoms with E-state index < -0.39 is 11.7 Å². The number of rotatable bonds is 6. The van der Waals surface area contributed by atoms with Crippen molar-refractivity contribution in [1.29, 1.82) is 0 Å². The Labute approximate surface area is 143 Å². The van der Waals surface area contributed by atoms with E-state index in [0.29, 0.717) is 17.4 Å². The van der Waals surface area contributed by atoms with Crippen molar-refractivity contribution < 1.29 is 18.0 Å². The van der Waals surface area contributed by atoms with E-state index in [-0.39, 0.29) is 28.2 Å². The van der Waals surface area contributed by atoms with Crippen LogP contribution >= 0.6 is 27.7 Å². The van der Waals surface area contributed by atoms with E-state index in [1.54, 1.807) is 12.1 Å². The lowest BCUT2D eigenvalue weighted by atomic mass is 10.1. The number of alkyl halides is 2. The van der Waals surface area contributed by atoms with Gasteiger partial charge in [0, 0.05) is 12.7 Å². The fraction of sp³-hybridized carbons (Fsp3) is 0.200. The molecule has 23 heavy (non-hydrogen) atoms. The molecule has 0 unspecified atom stereocenters. The minimum atomic E-state index is -2.65. The van der Waals surface area contributed by atoms with Gasteiger partial charge in [-0.2, -0.15) is 8.78 Å². The van der Waals surface area contributed by atoms with Gasteiger partial charge in [-0.15, -0.1) is 0 Å². The molecule has 122 valence electrons. The first-order valence-electron chi connectivity index (χ1n) is 6.59. The van der Waals surface area contributed by atoms with Crippen molar-refractivity contribution in [2.45, 2.75) is 17.2 Å². The van der Waals surface area contributed by atoms with Gasteiger partial charge < -0.3 is 5.32 Å². The number of amides is 1. The maximum atomic E-state index is 13.1. The first-order valence-corrected chi connectivity index (χ1v) is 8.26. The maximum absolute atomic E-state index is 13.1. The number of carbonyl (C=O) groups is 1. The first-order chi connectivity index (χ1) is 11.0. The van der Waals surface area contributed by atoms with Crippen LogP contribution in [0.5, 0.6) is 0 Å². The fourth-order valence-corrected chi connectivity index (χ4v) is 2.86. The number of nitrogens with one attached hydrogen (secondary N) is 1. The highest BCUT2D eigenvalue weighted by atomic mass is 79.9. The highest BCUT2D eigenvalue weighted by Crippen LogP contribution is 2.26. The number of thioether (sulfide) groups is 1. The van der Waals surface area contributed by atoms with Crippen molar-refractivity contribution in [2.24, 2.45) is 0 Å². The Balaban J connectivity index is 1.96. The Hall–Kier alpha value is -1.54. The summed E-state index contributed by atoms with van der Waals surface area (Å²) < 4.78 is 38.4. The summed E-state index contributed by atoms with van der Waals surface area (Å²) in [6, 6.07) is 7.54. The molecular formula is C15H12BrF3N2OS. The summed E-state index contributed by atoms with van der Waals surface area (Å²) in [5.74, 6) is -3.47. The Morgan fingerprint density at radius 3 is 2.83 bits per heavy atom. The van der Waals surface area contributed by atoms with Gasteiger partial charge in [0.05, 0.1) is 10.0 Å². The van der Waals surface area contributed by atoms with Gasteiger partial charge in [0.2, 0.25) is 0 Å². The molecule has 0 saturated carbocycles. The zero-order valence-electron chi connectivity index (χ0n) is 11.7. The van der Waals surface area contributed by atoms with E-state index in [0.717, 1.165) is 5.56 Å². The van der Waals surface area contributed by atoms with E-state index in [9.17, 15) is 18.0 Å². The molecule has 2 rings (SSSR count). The van der Waals surface area contributed by atoms with Crippen LogP contribution in [0.2, 0.25) is 0 Å². The highest BCUT2D eigenvalue weighted by Gasteiger charge is 2.16. The van der Waals surface area contributed by atoms with Gasteiger partial charge in [-0.1, -0.05) is 6.07 Å². The summed E-state index contributed by atoms with van der Waals surface area (Å²) >= 11 is 3.33. The van der Waals surface area contributed by atoms with E-state index >= 15 is 0 Å². The van der Waals surface area contributed by atoms with Gasteiger partial charge >= 0.3 is 0 Å². The molecule has 8 heteroatoms. The fourth-order valence-electron chi connectivity index (χ4n) is 1.85. The number of aromatic nitrogens is 1. The molecule has 3 nitrogen and oxygen atoms in total. The van der Waals surface area contributed by atoms with Gasteiger partial charge in [-0.3, -0.25) is 4.79 Å². The van der Waals surface area contributed by atoms with Crippen molar-refractivity contribution in [2.75, 3.05) is 6.54 Å². The van der Waals surface area contributed by atoms with E-state index in [1.807, 2.05) is 0 Å². The monoisotopic (exact) mass is 404 g/mol. The SMILES string of the molecule is O=C(NCCc1ccc(F)c(Br)c1)c1cccnc1SC(F)F. The van der Waals surface area contributed by atoms with Crippen molar-refractivity contribution in [3.8, 4) is 0 Å². The van der Waals surface area contributed by atoms with Gasteiger partial charge in [-0.25, -0.2) is 9.37 Å². The predicted octanol–water partition coefficient (Wildman–Crippen LogP) is 4.27. The molecule has 1 N–H and O–H groups in total. The number of hydrogen-bond acceptors (Lipinski definition) is 3. The third kappa shape index (κ3) is 5.24. The number of carbonyl (C=O) groups excluding carboxylic acids is 1. The summed E-state index contributed by atoms with van der Waals surface area (Å²) in [5, 5.41) is 2.64. The predicted molar refractivity (Wildman–Crippen MR) is 86.2 cm³/mol. The van der Waals surface area contributed by atoms with Crippen LogP contribution < -0.4 is 5.32 Å². The largest absolute Gasteiger partial charge is 0.352 e. The zero-order valence-corrected chi connectivity index (χ0v) is 14.1. The van der Waals surface area contributed by atoms with Gasteiger partial charge in [0.25, 0.3) is 11.7 Å². The molecule has 0 saturated heterocycles. The molecule has 0 spiro atoms. The second kappa shape index (κ2) is 8.35. The molecule has 0 aliphatic rings. The third-order valence-corrected chi connectivity index (χ3v) is 4.23. The molecule has 0 aliphatic heterocycles. The third-order valence-electron chi connectivity index (χ3n) is 2.90. The van der Waals surface area contributed by atoms with Crippen molar-refractivity contribution in [1.82, 2.24) is 10.3 Å². The molecular weight excluding hydrogens is 393 g/mol. The van der Waals surface area contributed by atoms with E-state index in [2.05, 4.69) is 26.2 Å². The lowest BCUT2D eigenvalue weighted by Gasteiger charge is -2.09. The zero-order chi connectivity index (χ0) is 16.8. The minimum absolute atomic E-state index is 0.00970. The summed E-state index contributed by atoms with van der Waals surface area (Å²) in [6.07, 6.45) is 1.85. The van der Waals surface area contributed by atoms with Crippen LogP contribution in [-0.2, 0) is 6.42 Å². The number of pyridine rings is 1. The Bertz CT molecular complexity index is 700. The Morgan fingerprint density at radius 1 is 1.35 bits per heavy atom. The van der Waals surface area contributed by atoms with Crippen molar-refractivity contribution in [3.05, 3.63) is 57.9 Å². The summed E-state index contributed by atoms with van der Waals surface area (Å²) in [4.78, 5) is 15.9. The van der Waals surface area contributed by atoms with Crippen molar-refractivity contribution in [3.63, 3.8) is 0 Å². The second-order valence-electron chi connectivity index (χ2n) is 4.49. The first kappa shape index (κ1) is 17.8.